The van der Waals surface area contributed by atoms with E-state index >= 15 is 0 Å². The van der Waals surface area contributed by atoms with Gasteiger partial charge in [-0.3, -0.25) is 9.59 Å². The van der Waals surface area contributed by atoms with Crippen LogP contribution < -0.4 is 5.73 Å². The van der Waals surface area contributed by atoms with Crippen LogP contribution in [-0.2, 0) is 20.6 Å². The van der Waals surface area contributed by atoms with Crippen molar-refractivity contribution in [2.24, 2.45) is 0 Å². The molecule has 36 heavy (non-hydrogen) atoms. The number of alkyl halides is 3. The maximum atomic E-state index is 13.8. The van der Waals surface area contributed by atoms with Crippen LogP contribution in [0.25, 0.3) is 0 Å². The number of rotatable bonds is 9. The molecule has 7 nitrogen and oxygen atoms in total. The standard InChI is InChI=1S/C26H28F3N3O4/c1-31(21(16-32-13-5-6-14-32)17-7-3-2-4-8-17)25(36)24(22(33)11-12-23(34)35)19-10-9-18(15-20(19)30)26(27,28)29/h2-4,7-12,15,21,24H,5-6,13-14,16,30H2,1H3,(H,34,35)/b12-11+. The Morgan fingerprint density at radius 3 is 2.28 bits per heavy atom. The first-order chi connectivity index (χ1) is 17.0. The highest BCUT2D eigenvalue weighted by Crippen LogP contribution is 2.35. The van der Waals surface area contributed by atoms with Crippen molar-refractivity contribution >= 4 is 23.3 Å². The summed E-state index contributed by atoms with van der Waals surface area (Å²) in [5.74, 6) is -4.61. The van der Waals surface area contributed by atoms with E-state index in [2.05, 4.69) is 4.90 Å². The molecule has 2 aromatic carbocycles. The van der Waals surface area contributed by atoms with E-state index in [-0.39, 0.29) is 11.3 Å². The fourth-order valence-corrected chi connectivity index (χ4v) is 4.37. The van der Waals surface area contributed by atoms with Crippen molar-refractivity contribution in [3.05, 3.63) is 77.4 Å². The van der Waals surface area contributed by atoms with Gasteiger partial charge in [-0.1, -0.05) is 36.4 Å². The Morgan fingerprint density at radius 2 is 1.72 bits per heavy atom. The second-order valence-corrected chi connectivity index (χ2v) is 8.73. The second kappa shape index (κ2) is 11.4. The second-order valence-electron chi connectivity index (χ2n) is 8.73. The van der Waals surface area contributed by atoms with Gasteiger partial charge >= 0.3 is 12.1 Å². The van der Waals surface area contributed by atoms with Crippen molar-refractivity contribution in [1.29, 1.82) is 0 Å². The molecule has 0 bridgehead atoms. The van der Waals surface area contributed by atoms with Gasteiger partial charge in [0.05, 0.1) is 11.6 Å². The van der Waals surface area contributed by atoms with E-state index in [1.807, 2.05) is 30.3 Å². The predicted octanol–water partition coefficient (Wildman–Crippen LogP) is 3.88. The molecule has 192 valence electrons. The zero-order valence-electron chi connectivity index (χ0n) is 19.7. The van der Waals surface area contributed by atoms with Gasteiger partial charge in [0, 0.05) is 25.4 Å². The van der Waals surface area contributed by atoms with E-state index < -0.39 is 41.4 Å². The summed E-state index contributed by atoms with van der Waals surface area (Å²) in [5.41, 5.74) is 5.20. The summed E-state index contributed by atoms with van der Waals surface area (Å²) in [4.78, 5) is 41.4. The molecule has 0 aliphatic carbocycles. The van der Waals surface area contributed by atoms with Gasteiger partial charge in [-0.2, -0.15) is 13.2 Å². The van der Waals surface area contributed by atoms with Gasteiger partial charge in [0.25, 0.3) is 0 Å². The molecule has 1 aliphatic heterocycles. The van der Waals surface area contributed by atoms with Crippen LogP contribution in [0.5, 0.6) is 0 Å². The van der Waals surface area contributed by atoms with Crippen LogP contribution >= 0.6 is 0 Å². The number of anilines is 1. The number of hydrogen-bond donors (Lipinski definition) is 2. The fourth-order valence-electron chi connectivity index (χ4n) is 4.37. The summed E-state index contributed by atoms with van der Waals surface area (Å²) in [6, 6.07) is 11.2. The number of ketones is 1. The van der Waals surface area contributed by atoms with Crippen molar-refractivity contribution in [2.45, 2.75) is 31.0 Å². The van der Waals surface area contributed by atoms with E-state index in [4.69, 9.17) is 10.8 Å². The summed E-state index contributed by atoms with van der Waals surface area (Å²) < 4.78 is 39.5. The van der Waals surface area contributed by atoms with Gasteiger partial charge in [-0.15, -0.1) is 0 Å². The molecule has 0 saturated carbocycles. The van der Waals surface area contributed by atoms with Crippen LogP contribution in [0.2, 0.25) is 0 Å². The van der Waals surface area contributed by atoms with Crippen molar-refractivity contribution in [3.8, 4) is 0 Å². The molecule has 1 amide bonds. The third-order valence-corrected chi connectivity index (χ3v) is 6.28. The number of nitrogen functional groups attached to an aromatic ring is 1. The average molecular weight is 504 g/mol. The molecule has 10 heteroatoms. The molecule has 2 aromatic rings. The SMILES string of the molecule is CN(C(=O)C(C(=O)/C=C/C(=O)O)c1ccc(C(F)(F)F)cc1N)C(CN1CCCC1)c1ccccc1. The zero-order chi connectivity index (χ0) is 26.5. The van der Waals surface area contributed by atoms with Crippen LogP contribution in [-0.4, -0.2) is 59.2 Å². The molecule has 0 spiro atoms. The number of likely N-dealkylation sites (N-methyl/N-ethyl adjacent to an activating group) is 1. The monoisotopic (exact) mass is 503 g/mol. The topological polar surface area (TPSA) is 104 Å². The lowest BCUT2D eigenvalue weighted by Gasteiger charge is -2.34. The van der Waals surface area contributed by atoms with Crippen LogP contribution in [0.4, 0.5) is 18.9 Å². The maximum absolute atomic E-state index is 13.8. The number of allylic oxidation sites excluding steroid dienone is 1. The summed E-state index contributed by atoms with van der Waals surface area (Å²) >= 11 is 0. The number of amides is 1. The van der Waals surface area contributed by atoms with Crippen LogP contribution in [0, 0.1) is 0 Å². The lowest BCUT2D eigenvalue weighted by molar-refractivity contribution is -0.138. The Hall–Kier alpha value is -3.66. The number of hydrogen-bond acceptors (Lipinski definition) is 5. The molecular weight excluding hydrogens is 475 g/mol. The molecule has 1 fully saturated rings. The Labute approximate surface area is 207 Å². The number of carboxylic acid groups (broad SMARTS) is 1. The highest BCUT2D eigenvalue weighted by molar-refractivity contribution is 6.13. The minimum Gasteiger partial charge on any atom is -0.478 e. The third-order valence-electron chi connectivity index (χ3n) is 6.28. The lowest BCUT2D eigenvalue weighted by atomic mass is 9.89. The van der Waals surface area contributed by atoms with Gasteiger partial charge in [0.1, 0.15) is 5.92 Å². The number of aliphatic carboxylic acids is 1. The lowest BCUT2D eigenvalue weighted by Crippen LogP contribution is -2.42. The van der Waals surface area contributed by atoms with Crippen molar-refractivity contribution in [2.75, 3.05) is 32.4 Å². The number of halogens is 3. The molecule has 3 N–H and O–H groups in total. The molecule has 3 rings (SSSR count). The number of carbonyl (C=O) groups excluding carboxylic acids is 2. The minimum atomic E-state index is -4.66. The Kier molecular flexibility index (Phi) is 8.52. The number of carboxylic acids is 1. The molecular formula is C26H28F3N3O4. The quantitative estimate of drug-likeness (QED) is 0.306. The Morgan fingerprint density at radius 1 is 1.08 bits per heavy atom. The van der Waals surface area contributed by atoms with Crippen LogP contribution in [0.1, 0.15) is 41.5 Å². The fraction of sp³-hybridized carbons (Fsp3) is 0.346. The number of benzene rings is 2. The van der Waals surface area contributed by atoms with Crippen molar-refractivity contribution < 1.29 is 32.7 Å². The van der Waals surface area contributed by atoms with Gasteiger partial charge in [-0.25, -0.2) is 4.79 Å². The van der Waals surface area contributed by atoms with Gasteiger partial charge in [0.2, 0.25) is 5.91 Å². The summed E-state index contributed by atoms with van der Waals surface area (Å²) in [6.45, 7) is 2.22. The van der Waals surface area contributed by atoms with Gasteiger partial charge < -0.3 is 20.6 Å². The zero-order valence-corrected chi connectivity index (χ0v) is 19.7. The number of carbonyl (C=O) groups is 3. The largest absolute Gasteiger partial charge is 0.478 e. The smallest absolute Gasteiger partial charge is 0.416 e. The highest BCUT2D eigenvalue weighted by atomic mass is 19.4. The van der Waals surface area contributed by atoms with E-state index in [0.29, 0.717) is 18.7 Å². The Balaban J connectivity index is 2.02. The first-order valence-electron chi connectivity index (χ1n) is 11.4. The molecule has 0 radical (unpaired) electrons. The molecule has 1 aliphatic rings. The van der Waals surface area contributed by atoms with E-state index in [1.165, 1.54) is 11.9 Å². The normalized spacial score (nSPS) is 16.1. The number of nitrogens with two attached hydrogens (primary N) is 1. The summed E-state index contributed by atoms with van der Waals surface area (Å²) in [6.07, 6.45) is -1.29. The first kappa shape index (κ1) is 26.9. The Bertz CT molecular complexity index is 1130. The van der Waals surface area contributed by atoms with Crippen LogP contribution in [0.3, 0.4) is 0 Å². The molecule has 1 heterocycles. The average Bonchev–Trinajstić information content (AvgIpc) is 3.35. The minimum absolute atomic E-state index is 0.118. The van der Waals surface area contributed by atoms with Gasteiger partial charge in [-0.05, 0) is 55.3 Å². The van der Waals surface area contributed by atoms with Crippen molar-refractivity contribution in [1.82, 2.24) is 9.80 Å². The van der Waals surface area contributed by atoms with Crippen LogP contribution in [0.15, 0.2) is 60.7 Å². The molecule has 2 unspecified atom stereocenters. The van der Waals surface area contributed by atoms with E-state index in [1.54, 1.807) is 0 Å². The first-order valence-corrected chi connectivity index (χ1v) is 11.4. The maximum Gasteiger partial charge on any atom is 0.416 e. The predicted molar refractivity (Wildman–Crippen MR) is 128 cm³/mol. The van der Waals surface area contributed by atoms with E-state index in [9.17, 15) is 27.6 Å². The van der Waals surface area contributed by atoms with Crippen molar-refractivity contribution in [3.63, 3.8) is 0 Å². The molecule has 2 atom stereocenters. The molecule has 1 saturated heterocycles. The van der Waals surface area contributed by atoms with E-state index in [0.717, 1.165) is 49.7 Å². The number of nitrogens with zero attached hydrogens (tertiary/aromatic N) is 2. The summed E-state index contributed by atoms with van der Waals surface area (Å²) in [7, 11) is 1.53. The summed E-state index contributed by atoms with van der Waals surface area (Å²) in [5, 5.41) is 8.95. The highest BCUT2D eigenvalue weighted by Gasteiger charge is 2.37. The number of likely N-dealkylation sites (tertiary alicyclic amines) is 1. The third kappa shape index (κ3) is 6.51. The molecule has 0 aromatic heterocycles. The van der Waals surface area contributed by atoms with Gasteiger partial charge in [0.15, 0.2) is 5.78 Å².